The first-order valence-corrected chi connectivity index (χ1v) is 17.8. The van der Waals surface area contributed by atoms with E-state index < -0.39 is 0 Å². The molecular formula is C46H31N3S. The molecule has 50 heavy (non-hydrogen) atoms. The summed E-state index contributed by atoms with van der Waals surface area (Å²) in [7, 11) is 0. The fourth-order valence-corrected chi connectivity index (χ4v) is 8.97. The van der Waals surface area contributed by atoms with Crippen LogP contribution in [0.25, 0.3) is 87.4 Å². The van der Waals surface area contributed by atoms with E-state index in [2.05, 4.69) is 159 Å². The number of hydrogen-bond donors (Lipinski definition) is 0. The molecule has 0 bridgehead atoms. The Hall–Kier alpha value is -5.97. The molecule has 236 valence electrons. The first-order chi connectivity index (χ1) is 24.5. The standard InChI is InChI=1S/C46H31N3S/c1-46(2)36-19-11-9-17-32(36)33-23-21-30(26-37(33)46)40-27-39(28-13-5-3-6-14-28)48-45(49-40)31-22-24-41-35(25-31)42-34-18-10-12-20-38(34)47-43(44(42)50-41)29-15-7-4-8-16-29/h3-27H,1-2H3. The molecule has 0 fully saturated rings. The molecule has 0 amide bonds. The lowest BCUT2D eigenvalue weighted by atomic mass is 9.82. The number of benzene rings is 6. The second-order valence-electron chi connectivity index (χ2n) is 13.6. The quantitative estimate of drug-likeness (QED) is 0.189. The van der Waals surface area contributed by atoms with Crippen LogP contribution in [-0.4, -0.2) is 15.0 Å². The van der Waals surface area contributed by atoms with Crippen LogP contribution in [0.4, 0.5) is 0 Å². The van der Waals surface area contributed by atoms with Crippen molar-refractivity contribution < 1.29 is 0 Å². The summed E-state index contributed by atoms with van der Waals surface area (Å²) in [4.78, 5) is 15.7. The average molecular weight is 658 g/mol. The van der Waals surface area contributed by atoms with Gasteiger partial charge in [0.2, 0.25) is 0 Å². The fourth-order valence-electron chi connectivity index (χ4n) is 7.76. The number of thiophene rings is 1. The first-order valence-electron chi connectivity index (χ1n) is 17.0. The molecule has 3 nitrogen and oxygen atoms in total. The Kier molecular flexibility index (Phi) is 6.39. The highest BCUT2D eigenvalue weighted by molar-refractivity contribution is 7.26. The van der Waals surface area contributed by atoms with Gasteiger partial charge in [-0.1, -0.05) is 129 Å². The third-order valence-corrected chi connectivity index (χ3v) is 11.5. The molecule has 1 aliphatic carbocycles. The van der Waals surface area contributed by atoms with Crippen molar-refractivity contribution in [3.05, 3.63) is 163 Å². The van der Waals surface area contributed by atoms with Crippen LogP contribution in [0.5, 0.6) is 0 Å². The number of para-hydroxylation sites is 1. The highest BCUT2D eigenvalue weighted by Crippen LogP contribution is 2.50. The summed E-state index contributed by atoms with van der Waals surface area (Å²) in [5, 5.41) is 3.59. The Morgan fingerprint density at radius 3 is 1.96 bits per heavy atom. The van der Waals surface area contributed by atoms with E-state index in [4.69, 9.17) is 15.0 Å². The summed E-state index contributed by atoms with van der Waals surface area (Å²) in [6.07, 6.45) is 0. The molecule has 0 aliphatic heterocycles. The second kappa shape index (κ2) is 11.0. The SMILES string of the molecule is CC1(C)c2ccccc2-c2ccc(-c3cc(-c4ccccc4)nc(-c4ccc5sc6c(-c7ccccc7)nc7ccccc7c6c5c4)n3)cc21. The highest BCUT2D eigenvalue weighted by atomic mass is 32.1. The maximum atomic E-state index is 5.30. The van der Waals surface area contributed by atoms with E-state index in [0.29, 0.717) is 5.82 Å². The predicted molar refractivity (Wildman–Crippen MR) is 210 cm³/mol. The third kappa shape index (κ3) is 4.45. The van der Waals surface area contributed by atoms with Crippen molar-refractivity contribution in [2.45, 2.75) is 19.3 Å². The van der Waals surface area contributed by atoms with Gasteiger partial charge in [-0.05, 0) is 58.7 Å². The molecule has 6 aromatic carbocycles. The monoisotopic (exact) mass is 657 g/mol. The Morgan fingerprint density at radius 1 is 0.480 bits per heavy atom. The van der Waals surface area contributed by atoms with Gasteiger partial charge in [0.15, 0.2) is 5.82 Å². The van der Waals surface area contributed by atoms with E-state index in [1.807, 2.05) is 6.07 Å². The van der Waals surface area contributed by atoms with E-state index in [9.17, 15) is 0 Å². The molecular weight excluding hydrogens is 627 g/mol. The molecule has 3 aromatic heterocycles. The molecule has 10 rings (SSSR count). The highest BCUT2D eigenvalue weighted by Gasteiger charge is 2.35. The van der Waals surface area contributed by atoms with E-state index in [1.165, 1.54) is 42.4 Å². The van der Waals surface area contributed by atoms with Crippen LogP contribution in [0.2, 0.25) is 0 Å². The molecule has 4 heteroatoms. The third-order valence-electron chi connectivity index (χ3n) is 10.3. The molecule has 1 aliphatic rings. The minimum atomic E-state index is -0.0959. The van der Waals surface area contributed by atoms with Crippen LogP contribution in [0, 0.1) is 0 Å². The molecule has 0 atom stereocenters. The van der Waals surface area contributed by atoms with Gasteiger partial charge in [0.1, 0.15) is 0 Å². The molecule has 9 aromatic rings. The van der Waals surface area contributed by atoms with E-state index in [-0.39, 0.29) is 5.41 Å². The van der Waals surface area contributed by atoms with Crippen molar-refractivity contribution in [2.75, 3.05) is 0 Å². The summed E-state index contributed by atoms with van der Waals surface area (Å²) in [5.74, 6) is 0.715. The van der Waals surface area contributed by atoms with E-state index in [0.717, 1.165) is 50.2 Å². The van der Waals surface area contributed by atoms with Crippen LogP contribution in [0.15, 0.2) is 152 Å². The summed E-state index contributed by atoms with van der Waals surface area (Å²) >= 11 is 1.80. The normalized spacial score (nSPS) is 13.2. The van der Waals surface area contributed by atoms with Crippen molar-refractivity contribution in [2.24, 2.45) is 0 Å². The zero-order valence-electron chi connectivity index (χ0n) is 27.7. The van der Waals surface area contributed by atoms with Crippen molar-refractivity contribution in [1.82, 2.24) is 15.0 Å². The molecule has 3 heterocycles. The second-order valence-corrected chi connectivity index (χ2v) is 14.7. The van der Waals surface area contributed by atoms with Gasteiger partial charge in [-0.2, -0.15) is 0 Å². The summed E-state index contributed by atoms with van der Waals surface area (Å²) in [6, 6.07) is 53.9. The van der Waals surface area contributed by atoms with Crippen molar-refractivity contribution >= 4 is 42.4 Å². The maximum Gasteiger partial charge on any atom is 0.160 e. The largest absolute Gasteiger partial charge is 0.246 e. The first kappa shape index (κ1) is 29.0. The average Bonchev–Trinajstić information content (AvgIpc) is 3.67. The maximum absolute atomic E-state index is 5.30. The molecule has 0 spiro atoms. The Bertz CT molecular complexity index is 2780. The van der Waals surface area contributed by atoms with Gasteiger partial charge in [0.25, 0.3) is 0 Å². The van der Waals surface area contributed by atoms with Crippen molar-refractivity contribution in [3.8, 4) is 56.3 Å². The lowest BCUT2D eigenvalue weighted by Gasteiger charge is -2.22. The smallest absolute Gasteiger partial charge is 0.160 e. The van der Waals surface area contributed by atoms with Crippen LogP contribution in [-0.2, 0) is 5.41 Å². The number of rotatable bonds is 4. The zero-order chi connectivity index (χ0) is 33.4. The molecule has 0 N–H and O–H groups in total. The van der Waals surface area contributed by atoms with Gasteiger partial charge >= 0.3 is 0 Å². The van der Waals surface area contributed by atoms with Crippen LogP contribution in [0.1, 0.15) is 25.0 Å². The van der Waals surface area contributed by atoms with Crippen LogP contribution < -0.4 is 0 Å². The van der Waals surface area contributed by atoms with Gasteiger partial charge in [-0.15, -0.1) is 11.3 Å². The Morgan fingerprint density at radius 2 is 1.14 bits per heavy atom. The number of fused-ring (bicyclic) bond motifs is 8. The Balaban J connectivity index is 1.19. The molecule has 0 unspecified atom stereocenters. The van der Waals surface area contributed by atoms with Gasteiger partial charge in [0, 0.05) is 48.5 Å². The fraction of sp³-hybridized carbons (Fsp3) is 0.0652. The molecule has 0 radical (unpaired) electrons. The summed E-state index contributed by atoms with van der Waals surface area (Å²) < 4.78 is 2.42. The summed E-state index contributed by atoms with van der Waals surface area (Å²) in [5.41, 5.74) is 13.4. The van der Waals surface area contributed by atoms with Crippen molar-refractivity contribution in [3.63, 3.8) is 0 Å². The lowest BCUT2D eigenvalue weighted by molar-refractivity contribution is 0.660. The predicted octanol–water partition coefficient (Wildman–Crippen LogP) is 12.4. The van der Waals surface area contributed by atoms with E-state index in [1.54, 1.807) is 11.3 Å². The van der Waals surface area contributed by atoms with Crippen LogP contribution >= 0.6 is 11.3 Å². The minimum absolute atomic E-state index is 0.0959. The number of hydrogen-bond acceptors (Lipinski definition) is 4. The summed E-state index contributed by atoms with van der Waals surface area (Å²) in [6.45, 7) is 4.65. The van der Waals surface area contributed by atoms with Gasteiger partial charge < -0.3 is 0 Å². The zero-order valence-corrected chi connectivity index (χ0v) is 28.5. The molecule has 0 saturated heterocycles. The van der Waals surface area contributed by atoms with Crippen LogP contribution in [0.3, 0.4) is 0 Å². The van der Waals surface area contributed by atoms with Gasteiger partial charge in [-0.3, -0.25) is 0 Å². The number of pyridine rings is 1. The topological polar surface area (TPSA) is 38.7 Å². The van der Waals surface area contributed by atoms with E-state index >= 15 is 0 Å². The number of nitrogens with zero attached hydrogens (tertiary/aromatic N) is 3. The van der Waals surface area contributed by atoms with Crippen molar-refractivity contribution in [1.29, 1.82) is 0 Å². The number of aromatic nitrogens is 3. The minimum Gasteiger partial charge on any atom is -0.246 e. The van der Waals surface area contributed by atoms with Gasteiger partial charge in [0.05, 0.1) is 27.3 Å². The molecule has 0 saturated carbocycles. The van der Waals surface area contributed by atoms with Gasteiger partial charge in [-0.25, -0.2) is 15.0 Å². The lowest BCUT2D eigenvalue weighted by Crippen LogP contribution is -2.14. The Labute approximate surface area is 294 Å².